The van der Waals surface area contributed by atoms with Gasteiger partial charge < -0.3 is 21.7 Å². The third-order valence-corrected chi connectivity index (χ3v) is 2.13. The van der Waals surface area contributed by atoms with Gasteiger partial charge in [0.2, 0.25) is 17.7 Å². The fourth-order valence-electron chi connectivity index (χ4n) is 1.03. The smallest absolute Gasteiger partial charge is 0.335 e. The number of aliphatic carboxylic acids is 1. The van der Waals surface area contributed by atoms with Gasteiger partial charge in [-0.2, -0.15) is 0 Å². The molecule has 0 radical (unpaired) electrons. The number of hydrogen-bond donors (Lipinski definition) is 6. The maximum absolute atomic E-state index is 10.2. The first-order valence-corrected chi connectivity index (χ1v) is 6.80. The molecular weight excluding hydrogens is 350 g/mol. The van der Waals surface area contributed by atoms with E-state index in [1.165, 1.54) is 5.48 Å². The van der Waals surface area contributed by atoms with Crippen LogP contribution in [0.5, 0.6) is 0 Å². The topological polar surface area (TPSA) is 210 Å². The molecule has 1 aromatic rings. The Balaban J connectivity index is 0. The van der Waals surface area contributed by atoms with Gasteiger partial charge in [-0.1, -0.05) is 18.2 Å². The summed E-state index contributed by atoms with van der Waals surface area (Å²) in [6.45, 7) is 0. The number of carbonyl (C=O) groups is 5. The molecule has 0 unspecified atom stereocenters. The summed E-state index contributed by atoms with van der Waals surface area (Å²) >= 11 is 0. The van der Waals surface area contributed by atoms with Gasteiger partial charge in [-0.15, -0.1) is 0 Å². The zero-order chi connectivity index (χ0) is 20.5. The highest BCUT2D eigenvalue weighted by Crippen LogP contribution is 1.96. The first-order valence-electron chi connectivity index (χ1n) is 6.80. The van der Waals surface area contributed by atoms with Crippen molar-refractivity contribution in [1.29, 1.82) is 0 Å². The molecule has 11 nitrogen and oxygen atoms in total. The van der Waals surface area contributed by atoms with Crippen LogP contribution in [0, 0.1) is 0 Å². The molecule has 0 atom stereocenters. The van der Waals surface area contributed by atoms with Gasteiger partial charge in [0.05, 0.1) is 5.56 Å². The summed E-state index contributed by atoms with van der Waals surface area (Å²) in [7, 11) is 0. The molecule has 11 heteroatoms. The predicted octanol–water partition coefficient (Wildman–Crippen LogP) is -0.745. The van der Waals surface area contributed by atoms with Crippen LogP contribution in [0.3, 0.4) is 0 Å². The van der Waals surface area contributed by atoms with Gasteiger partial charge in [0.25, 0.3) is 0 Å². The summed E-state index contributed by atoms with van der Waals surface area (Å²) in [5.74, 6) is -3.97. The van der Waals surface area contributed by atoms with Crippen LogP contribution in [0.25, 0.3) is 0 Å². The molecular formula is C15H19N3O8. The first kappa shape index (κ1) is 24.5. The van der Waals surface area contributed by atoms with Crippen LogP contribution in [0.2, 0.25) is 0 Å². The predicted molar refractivity (Wildman–Crippen MR) is 87.7 cm³/mol. The van der Waals surface area contributed by atoms with Crippen molar-refractivity contribution in [3.05, 3.63) is 48.0 Å². The lowest BCUT2D eigenvalue weighted by atomic mass is 10.2. The number of aromatic carboxylic acids is 1. The van der Waals surface area contributed by atoms with Crippen LogP contribution in [0.1, 0.15) is 23.2 Å². The van der Waals surface area contributed by atoms with Crippen molar-refractivity contribution in [2.45, 2.75) is 12.8 Å². The van der Waals surface area contributed by atoms with E-state index in [1.807, 2.05) is 0 Å². The summed E-state index contributed by atoms with van der Waals surface area (Å²) in [4.78, 5) is 49.7. The summed E-state index contributed by atoms with van der Waals surface area (Å²) in [6, 6.07) is 8.30. The number of amides is 3. The normalized spacial score (nSPS) is 8.96. The quantitative estimate of drug-likeness (QED) is 0.213. The average Bonchev–Trinajstić information content (AvgIpc) is 2.59. The second kappa shape index (κ2) is 14.8. The lowest BCUT2D eigenvalue weighted by molar-refractivity contribution is -0.132. The van der Waals surface area contributed by atoms with Crippen LogP contribution < -0.4 is 16.9 Å². The Morgan fingerprint density at radius 3 is 1.73 bits per heavy atom. The monoisotopic (exact) mass is 369 g/mol. The van der Waals surface area contributed by atoms with Gasteiger partial charge in [0.1, 0.15) is 0 Å². The molecule has 142 valence electrons. The molecule has 26 heavy (non-hydrogen) atoms. The van der Waals surface area contributed by atoms with Crippen molar-refractivity contribution in [3.8, 4) is 0 Å². The van der Waals surface area contributed by atoms with Crippen molar-refractivity contribution >= 4 is 29.7 Å². The number of nitrogens with one attached hydrogen (secondary N) is 1. The number of carbonyl (C=O) groups excluding carboxylic acids is 3. The lowest BCUT2D eigenvalue weighted by Gasteiger charge is -1.92. The molecule has 0 saturated heterocycles. The molecule has 0 aliphatic carbocycles. The molecule has 0 fully saturated rings. The Labute approximate surface area is 147 Å². The molecule has 1 aromatic carbocycles. The van der Waals surface area contributed by atoms with E-state index in [1.54, 1.807) is 30.3 Å². The summed E-state index contributed by atoms with van der Waals surface area (Å²) in [5.41, 5.74) is 11.0. The molecule has 0 spiro atoms. The first-order chi connectivity index (χ1) is 12.1. The third-order valence-electron chi connectivity index (χ3n) is 2.13. The number of rotatable bonds is 6. The SMILES string of the molecule is NC(=O)/C=C\C(=O)O.NC(=O)CCC(=O)NO.O=C(O)c1ccccc1. The maximum Gasteiger partial charge on any atom is 0.335 e. The van der Waals surface area contributed by atoms with E-state index >= 15 is 0 Å². The molecule has 1 rings (SSSR count). The minimum Gasteiger partial charge on any atom is -0.478 e. The van der Waals surface area contributed by atoms with Crippen molar-refractivity contribution in [2.24, 2.45) is 11.5 Å². The van der Waals surface area contributed by atoms with Crippen molar-refractivity contribution in [2.75, 3.05) is 0 Å². The van der Waals surface area contributed by atoms with Gasteiger partial charge >= 0.3 is 11.9 Å². The minimum absolute atomic E-state index is 0.0353. The second-order valence-electron chi connectivity index (χ2n) is 4.25. The molecule has 0 aliphatic rings. The number of hydroxylamine groups is 1. The van der Waals surface area contributed by atoms with Crippen LogP contribution in [-0.2, 0) is 19.2 Å². The molecule has 8 N–H and O–H groups in total. The Bertz CT molecular complexity index is 628. The Kier molecular flexibility index (Phi) is 14.0. The molecule has 3 amide bonds. The van der Waals surface area contributed by atoms with Crippen LogP contribution in [-0.4, -0.2) is 45.1 Å². The highest BCUT2D eigenvalue weighted by Gasteiger charge is 2.00. The zero-order valence-corrected chi connectivity index (χ0v) is 13.5. The largest absolute Gasteiger partial charge is 0.478 e. The molecule has 0 aliphatic heterocycles. The van der Waals surface area contributed by atoms with E-state index in [9.17, 15) is 24.0 Å². The second-order valence-corrected chi connectivity index (χ2v) is 4.25. The van der Waals surface area contributed by atoms with Crippen LogP contribution >= 0.6 is 0 Å². The van der Waals surface area contributed by atoms with Crippen molar-refractivity contribution in [1.82, 2.24) is 5.48 Å². The Morgan fingerprint density at radius 1 is 0.923 bits per heavy atom. The lowest BCUT2D eigenvalue weighted by Crippen LogP contribution is -2.21. The fourth-order valence-corrected chi connectivity index (χ4v) is 1.03. The van der Waals surface area contributed by atoms with E-state index in [0.29, 0.717) is 11.6 Å². The van der Waals surface area contributed by atoms with Crippen LogP contribution in [0.4, 0.5) is 0 Å². The molecule has 0 saturated carbocycles. The summed E-state index contributed by atoms with van der Waals surface area (Å²) < 4.78 is 0. The summed E-state index contributed by atoms with van der Waals surface area (Å²) in [6.07, 6.45) is 1.36. The zero-order valence-electron chi connectivity index (χ0n) is 13.5. The number of carboxylic acid groups (broad SMARTS) is 2. The maximum atomic E-state index is 10.2. The standard InChI is InChI=1S/C7H6O2.C4H8N2O3.C4H5NO3/c8-7(9)6-4-2-1-3-5-6;5-3(7)1-2-4(8)6-9;5-3(6)1-2-4(7)8/h1-5H,(H,8,9);9H,1-2H2,(H2,5,7)(H,6,8);1-2H,(H2,5,6)(H,7,8)/b;;2-1-. The number of primary amides is 2. The van der Waals surface area contributed by atoms with E-state index in [-0.39, 0.29) is 12.8 Å². The van der Waals surface area contributed by atoms with Crippen LogP contribution in [0.15, 0.2) is 42.5 Å². The Morgan fingerprint density at radius 2 is 1.46 bits per heavy atom. The summed E-state index contributed by atoms with van der Waals surface area (Å²) in [5, 5.41) is 24.1. The minimum atomic E-state index is -1.18. The van der Waals surface area contributed by atoms with E-state index in [4.69, 9.17) is 21.2 Å². The fraction of sp³-hybridized carbons (Fsp3) is 0.133. The number of benzene rings is 1. The highest BCUT2D eigenvalue weighted by atomic mass is 16.5. The molecule has 0 aromatic heterocycles. The Hall–Kier alpha value is -3.73. The third kappa shape index (κ3) is 18.3. The van der Waals surface area contributed by atoms with E-state index in [2.05, 4.69) is 5.73 Å². The van der Waals surface area contributed by atoms with Gasteiger partial charge in [-0.3, -0.25) is 19.6 Å². The van der Waals surface area contributed by atoms with Crippen molar-refractivity contribution in [3.63, 3.8) is 0 Å². The van der Waals surface area contributed by atoms with Gasteiger partial charge in [0, 0.05) is 25.0 Å². The number of nitrogens with two attached hydrogens (primary N) is 2. The highest BCUT2D eigenvalue weighted by molar-refractivity contribution is 5.92. The van der Waals surface area contributed by atoms with E-state index < -0.39 is 29.7 Å². The van der Waals surface area contributed by atoms with Crippen molar-refractivity contribution < 1.29 is 39.4 Å². The van der Waals surface area contributed by atoms with Gasteiger partial charge in [-0.25, -0.2) is 15.1 Å². The van der Waals surface area contributed by atoms with Gasteiger partial charge in [-0.05, 0) is 12.1 Å². The average molecular weight is 369 g/mol. The van der Waals surface area contributed by atoms with Gasteiger partial charge in [0.15, 0.2) is 0 Å². The number of hydrogen-bond acceptors (Lipinski definition) is 6. The molecule has 0 heterocycles. The number of carboxylic acids is 2. The molecule has 0 bridgehead atoms. The van der Waals surface area contributed by atoms with E-state index in [0.717, 1.165) is 6.08 Å².